The van der Waals surface area contributed by atoms with Crippen molar-refractivity contribution < 1.29 is 9.47 Å². The largest absolute Gasteiger partial charge is 0.377 e. The summed E-state index contributed by atoms with van der Waals surface area (Å²) in [6.45, 7) is 0. The second-order valence-electron chi connectivity index (χ2n) is 12.2. The van der Waals surface area contributed by atoms with Gasteiger partial charge in [0.25, 0.3) is 0 Å². The molecule has 2 nitrogen and oxygen atoms in total. The molecule has 0 spiro atoms. The molecule has 0 heterocycles. The molecule has 24 heavy (non-hydrogen) atoms. The highest BCUT2D eigenvalue weighted by Gasteiger charge is 3.05. The van der Waals surface area contributed by atoms with E-state index in [9.17, 15) is 0 Å². The van der Waals surface area contributed by atoms with Gasteiger partial charge in [0.05, 0.1) is 11.2 Å². The number of rotatable bonds is 2. The second-order valence-corrected chi connectivity index (χ2v) is 12.2. The maximum absolute atomic E-state index is 6.74. The van der Waals surface area contributed by atoms with E-state index in [1.807, 2.05) is 0 Å². The SMILES string of the molecule is COC12C3C4C5C6C3C3C7C6C6C5C5C4C1C1C(C32)C7C6(OC)C51. The standard InChI is InChI=1S/C22H24O2/c1-23-21-15-5-3-4-6(15)10-12-8(4)16-7(3)11-9(5)17(21)13-14(18(10)21)20(12)22(16,24-2)19(11)13/h3-20H,1-2H3. The van der Waals surface area contributed by atoms with Crippen LogP contribution in [0.2, 0.25) is 0 Å². The zero-order valence-corrected chi connectivity index (χ0v) is 14.2. The molecule has 0 aliphatic heterocycles. The third-order valence-corrected chi connectivity index (χ3v) is 14.1. The summed E-state index contributed by atoms with van der Waals surface area (Å²) >= 11 is 0. The molecular weight excluding hydrogens is 296 g/mol. The summed E-state index contributed by atoms with van der Waals surface area (Å²) in [6, 6.07) is 0. The van der Waals surface area contributed by atoms with Crippen molar-refractivity contribution in [1.29, 1.82) is 0 Å². The first-order valence-corrected chi connectivity index (χ1v) is 11.0. The predicted octanol–water partition coefficient (Wildman–Crippen LogP) is 2.00. The Balaban J connectivity index is 1.43. The van der Waals surface area contributed by atoms with Crippen molar-refractivity contribution in [3.63, 3.8) is 0 Å². The Morgan fingerprint density at radius 2 is 0.625 bits per heavy atom. The molecule has 0 aromatic carbocycles. The average molecular weight is 320 g/mol. The number of hydrogen-bond donors (Lipinski definition) is 0. The minimum absolute atomic E-state index is 0.368. The van der Waals surface area contributed by atoms with Crippen molar-refractivity contribution in [2.45, 2.75) is 11.2 Å². The normalized spacial score (nSPS) is 98.2. The number of methoxy groups -OCH3 is 2. The third-order valence-electron chi connectivity index (χ3n) is 14.1. The van der Waals surface area contributed by atoms with E-state index in [0.717, 1.165) is 107 Å². The van der Waals surface area contributed by atoms with E-state index in [1.165, 1.54) is 0 Å². The predicted molar refractivity (Wildman–Crippen MR) is 82.3 cm³/mol. The van der Waals surface area contributed by atoms with Crippen LogP contribution >= 0.6 is 0 Å². The molecule has 0 bridgehead atoms. The lowest BCUT2D eigenvalue weighted by atomic mass is 9.73. The van der Waals surface area contributed by atoms with Crippen molar-refractivity contribution in [3.8, 4) is 0 Å². The minimum Gasteiger partial charge on any atom is -0.377 e. The Morgan fingerprint density at radius 3 is 0.917 bits per heavy atom. The monoisotopic (exact) mass is 320 g/mol. The van der Waals surface area contributed by atoms with Gasteiger partial charge in [-0.05, 0) is 107 Å². The molecule has 0 radical (unpaired) electrons. The Morgan fingerprint density at radius 1 is 0.375 bits per heavy atom. The fourth-order valence-electron chi connectivity index (χ4n) is 16.1. The fraction of sp³-hybridized carbons (Fsp3) is 1.00. The summed E-state index contributed by atoms with van der Waals surface area (Å²) in [5, 5.41) is 0. The molecule has 12 aliphatic carbocycles. The lowest BCUT2D eigenvalue weighted by molar-refractivity contribution is -0.117. The van der Waals surface area contributed by atoms with Gasteiger partial charge in [0.1, 0.15) is 0 Å². The summed E-state index contributed by atoms with van der Waals surface area (Å²) in [4.78, 5) is 0. The van der Waals surface area contributed by atoms with Gasteiger partial charge in [-0.2, -0.15) is 0 Å². The molecule has 12 aliphatic rings. The van der Waals surface area contributed by atoms with E-state index >= 15 is 0 Å². The lowest BCUT2D eigenvalue weighted by Gasteiger charge is -2.42. The van der Waals surface area contributed by atoms with Crippen molar-refractivity contribution in [3.05, 3.63) is 0 Å². The van der Waals surface area contributed by atoms with E-state index in [0.29, 0.717) is 11.2 Å². The van der Waals surface area contributed by atoms with Gasteiger partial charge in [0.15, 0.2) is 0 Å². The van der Waals surface area contributed by atoms with Gasteiger partial charge < -0.3 is 9.47 Å². The molecular formula is C22H24O2. The van der Waals surface area contributed by atoms with Crippen LogP contribution in [0.4, 0.5) is 0 Å². The molecule has 124 valence electrons. The van der Waals surface area contributed by atoms with Crippen LogP contribution in [0.1, 0.15) is 0 Å². The van der Waals surface area contributed by atoms with Crippen LogP contribution in [0.25, 0.3) is 0 Å². The summed E-state index contributed by atoms with van der Waals surface area (Å²) in [6.07, 6.45) is 0. The van der Waals surface area contributed by atoms with Gasteiger partial charge in [-0.15, -0.1) is 0 Å². The zero-order valence-electron chi connectivity index (χ0n) is 14.2. The molecule has 0 amide bonds. The molecule has 0 saturated heterocycles. The first-order chi connectivity index (χ1) is 11.9. The lowest BCUT2D eigenvalue weighted by Crippen LogP contribution is -2.48. The Kier molecular flexibility index (Phi) is 1.09. The third kappa shape index (κ3) is 0.504. The van der Waals surface area contributed by atoms with Crippen LogP contribution in [0, 0.1) is 107 Å². The van der Waals surface area contributed by atoms with Crippen LogP contribution in [0.15, 0.2) is 0 Å². The van der Waals surface area contributed by atoms with Gasteiger partial charge in [0, 0.05) is 14.2 Å². The van der Waals surface area contributed by atoms with Crippen LogP contribution in [0.5, 0.6) is 0 Å². The number of ether oxygens (including phenoxy) is 2. The molecule has 12 saturated carbocycles. The summed E-state index contributed by atoms with van der Waals surface area (Å²) in [5.41, 5.74) is 0.736. The smallest absolute Gasteiger partial charge is 0.0779 e. The Bertz CT molecular complexity index is 714. The molecule has 12 fully saturated rings. The molecule has 12 unspecified atom stereocenters. The van der Waals surface area contributed by atoms with Crippen molar-refractivity contribution in [2.24, 2.45) is 107 Å². The van der Waals surface area contributed by atoms with E-state index in [1.54, 1.807) is 0 Å². The highest BCUT2D eigenvalue weighted by Crippen LogP contribution is 3.03. The van der Waals surface area contributed by atoms with E-state index < -0.39 is 0 Å². The maximum atomic E-state index is 6.74. The molecule has 12 atom stereocenters. The van der Waals surface area contributed by atoms with Gasteiger partial charge in [-0.3, -0.25) is 0 Å². The quantitative estimate of drug-likeness (QED) is 0.775. The molecule has 0 N–H and O–H groups in total. The Hall–Kier alpha value is -0.0800. The van der Waals surface area contributed by atoms with Crippen molar-refractivity contribution >= 4 is 0 Å². The van der Waals surface area contributed by atoms with Crippen LogP contribution in [-0.4, -0.2) is 25.4 Å². The first-order valence-electron chi connectivity index (χ1n) is 11.0. The van der Waals surface area contributed by atoms with Gasteiger partial charge in [0.2, 0.25) is 0 Å². The van der Waals surface area contributed by atoms with Crippen LogP contribution in [-0.2, 0) is 9.47 Å². The van der Waals surface area contributed by atoms with Crippen LogP contribution in [0.3, 0.4) is 0 Å². The van der Waals surface area contributed by atoms with Gasteiger partial charge in [-0.25, -0.2) is 0 Å². The molecule has 2 heteroatoms. The summed E-state index contributed by atoms with van der Waals surface area (Å²) in [7, 11) is 4.27. The fourth-order valence-corrected chi connectivity index (χ4v) is 16.1. The first kappa shape index (κ1) is 10.9. The summed E-state index contributed by atoms with van der Waals surface area (Å²) in [5.74, 6) is 19.0. The van der Waals surface area contributed by atoms with Crippen molar-refractivity contribution in [2.75, 3.05) is 14.2 Å². The highest BCUT2D eigenvalue weighted by atomic mass is 16.5. The van der Waals surface area contributed by atoms with E-state index in [2.05, 4.69) is 14.2 Å². The van der Waals surface area contributed by atoms with Gasteiger partial charge in [-0.1, -0.05) is 0 Å². The van der Waals surface area contributed by atoms with Crippen LogP contribution < -0.4 is 0 Å². The van der Waals surface area contributed by atoms with Gasteiger partial charge >= 0.3 is 0 Å². The average Bonchev–Trinajstić information content (AvgIpc) is 3.27. The molecule has 0 aromatic heterocycles. The molecule has 0 aromatic rings. The zero-order chi connectivity index (χ0) is 14.8. The highest BCUT2D eigenvalue weighted by molar-refractivity contribution is 5.52. The summed E-state index contributed by atoms with van der Waals surface area (Å²) < 4.78 is 13.5. The Labute approximate surface area is 142 Å². The van der Waals surface area contributed by atoms with E-state index in [-0.39, 0.29) is 0 Å². The van der Waals surface area contributed by atoms with E-state index in [4.69, 9.17) is 9.47 Å². The van der Waals surface area contributed by atoms with Crippen molar-refractivity contribution in [1.82, 2.24) is 0 Å². The number of hydrogen-bond acceptors (Lipinski definition) is 2. The minimum atomic E-state index is 0.368. The second kappa shape index (κ2) is 2.39. The maximum Gasteiger partial charge on any atom is 0.0779 e. The molecule has 12 rings (SSSR count). The topological polar surface area (TPSA) is 18.5 Å².